The van der Waals surface area contributed by atoms with E-state index in [0.717, 1.165) is 23.1 Å². The average molecular weight is 366 g/mol. The molecule has 4 heteroatoms. The zero-order chi connectivity index (χ0) is 20.2. The van der Waals surface area contributed by atoms with Crippen LogP contribution < -0.4 is 9.47 Å². The molecule has 2 aromatic rings. The Bertz CT molecular complexity index is 855. The fourth-order valence-electron chi connectivity index (χ4n) is 2.36. The summed E-state index contributed by atoms with van der Waals surface area (Å²) in [7, 11) is 0. The largest absolute Gasteiger partial charge is 0.426 e. The number of hydrogen-bond acceptors (Lipinski definition) is 4. The summed E-state index contributed by atoms with van der Waals surface area (Å²) < 4.78 is 10.7. The van der Waals surface area contributed by atoms with Crippen LogP contribution in [0.4, 0.5) is 0 Å². The molecule has 0 heterocycles. The molecule has 142 valence electrons. The molecule has 0 bridgehead atoms. The van der Waals surface area contributed by atoms with Crippen LogP contribution in [0.25, 0.3) is 11.1 Å². The van der Waals surface area contributed by atoms with Gasteiger partial charge in [-0.2, -0.15) is 0 Å². The van der Waals surface area contributed by atoms with Crippen molar-refractivity contribution in [2.75, 3.05) is 0 Å². The Morgan fingerprint density at radius 1 is 0.963 bits per heavy atom. The van der Waals surface area contributed by atoms with E-state index in [0.29, 0.717) is 17.1 Å². The molecule has 0 spiro atoms. The zero-order valence-corrected chi connectivity index (χ0v) is 16.6. The first-order chi connectivity index (χ1) is 12.6. The minimum Gasteiger partial charge on any atom is -0.426 e. The predicted molar refractivity (Wildman–Crippen MR) is 107 cm³/mol. The maximum atomic E-state index is 12.0. The van der Waals surface area contributed by atoms with Crippen molar-refractivity contribution in [1.29, 1.82) is 0 Å². The van der Waals surface area contributed by atoms with Gasteiger partial charge in [0, 0.05) is 5.57 Å². The highest BCUT2D eigenvalue weighted by atomic mass is 16.5. The van der Waals surface area contributed by atoms with E-state index < -0.39 is 11.4 Å². The Balaban J connectivity index is 2.23. The molecule has 2 rings (SSSR count). The van der Waals surface area contributed by atoms with Crippen LogP contribution in [0.1, 0.15) is 40.2 Å². The Morgan fingerprint density at radius 2 is 1.56 bits per heavy atom. The molecule has 27 heavy (non-hydrogen) atoms. The third-order valence-electron chi connectivity index (χ3n) is 4.00. The second-order valence-electron chi connectivity index (χ2n) is 7.51. The van der Waals surface area contributed by atoms with E-state index in [1.54, 1.807) is 25.1 Å². The lowest BCUT2D eigenvalue weighted by atomic mass is 9.97. The van der Waals surface area contributed by atoms with Gasteiger partial charge in [0.05, 0.1) is 5.41 Å². The van der Waals surface area contributed by atoms with Gasteiger partial charge in [0.15, 0.2) is 0 Å². The smallest absolute Gasteiger partial charge is 0.338 e. The fourth-order valence-corrected chi connectivity index (χ4v) is 2.36. The summed E-state index contributed by atoms with van der Waals surface area (Å²) in [6.45, 7) is 12.7. The van der Waals surface area contributed by atoms with Gasteiger partial charge in [0.1, 0.15) is 11.5 Å². The van der Waals surface area contributed by atoms with Crippen molar-refractivity contribution in [1.82, 2.24) is 0 Å². The molecular weight excluding hydrogens is 340 g/mol. The Kier molecular flexibility index (Phi) is 6.21. The summed E-state index contributed by atoms with van der Waals surface area (Å²) in [6, 6.07) is 13.0. The van der Waals surface area contributed by atoms with Gasteiger partial charge < -0.3 is 9.47 Å². The molecule has 0 N–H and O–H groups in total. The van der Waals surface area contributed by atoms with E-state index in [1.807, 2.05) is 52.0 Å². The molecule has 0 amide bonds. The average Bonchev–Trinajstić information content (AvgIpc) is 2.61. The second-order valence-corrected chi connectivity index (χ2v) is 7.51. The van der Waals surface area contributed by atoms with Gasteiger partial charge >= 0.3 is 11.9 Å². The van der Waals surface area contributed by atoms with E-state index in [-0.39, 0.29) is 5.97 Å². The molecular formula is C23H26O4. The SMILES string of the molecule is C=C(C)C(=O)Oc1ccc(-c2ccc(OC(=O)C(C)(C)C)cc2)c(CC)c1. The van der Waals surface area contributed by atoms with Crippen molar-refractivity contribution in [3.63, 3.8) is 0 Å². The van der Waals surface area contributed by atoms with Gasteiger partial charge in [-0.1, -0.05) is 31.7 Å². The number of rotatable bonds is 5. The molecule has 4 nitrogen and oxygen atoms in total. The molecule has 0 aromatic heterocycles. The Hall–Kier alpha value is -2.88. The number of carbonyl (C=O) groups is 2. The maximum absolute atomic E-state index is 12.0. The van der Waals surface area contributed by atoms with E-state index in [1.165, 1.54) is 0 Å². The van der Waals surface area contributed by atoms with Gasteiger partial charge in [-0.15, -0.1) is 0 Å². The zero-order valence-electron chi connectivity index (χ0n) is 16.6. The van der Waals surface area contributed by atoms with Crippen LogP contribution in [-0.4, -0.2) is 11.9 Å². The minimum atomic E-state index is -0.550. The highest BCUT2D eigenvalue weighted by Gasteiger charge is 2.23. The number of esters is 2. The van der Waals surface area contributed by atoms with Crippen LogP contribution in [0.3, 0.4) is 0 Å². The van der Waals surface area contributed by atoms with Crippen LogP contribution in [0, 0.1) is 5.41 Å². The number of carbonyl (C=O) groups excluding carboxylic acids is 2. The Morgan fingerprint density at radius 3 is 2.07 bits per heavy atom. The lowest BCUT2D eigenvalue weighted by molar-refractivity contribution is -0.143. The minimum absolute atomic E-state index is 0.270. The molecule has 2 aromatic carbocycles. The first kappa shape index (κ1) is 20.4. The number of hydrogen-bond donors (Lipinski definition) is 0. The fraction of sp³-hybridized carbons (Fsp3) is 0.304. The van der Waals surface area contributed by atoms with Gasteiger partial charge in [-0.25, -0.2) is 4.79 Å². The van der Waals surface area contributed by atoms with E-state index in [9.17, 15) is 9.59 Å². The quantitative estimate of drug-likeness (QED) is 0.407. The van der Waals surface area contributed by atoms with Crippen molar-refractivity contribution in [3.05, 3.63) is 60.2 Å². The molecule has 0 aliphatic heterocycles. The van der Waals surface area contributed by atoms with Crippen molar-refractivity contribution < 1.29 is 19.1 Å². The van der Waals surface area contributed by atoms with Crippen LogP contribution in [0.2, 0.25) is 0 Å². The first-order valence-electron chi connectivity index (χ1n) is 8.95. The van der Waals surface area contributed by atoms with E-state index in [2.05, 4.69) is 6.58 Å². The van der Waals surface area contributed by atoms with Gasteiger partial charge in [-0.05, 0) is 75.1 Å². The van der Waals surface area contributed by atoms with Crippen molar-refractivity contribution >= 4 is 11.9 Å². The molecule has 0 saturated carbocycles. The molecule has 0 fully saturated rings. The summed E-state index contributed by atoms with van der Waals surface area (Å²) in [6.07, 6.45) is 0.786. The van der Waals surface area contributed by atoms with Crippen molar-refractivity contribution in [2.24, 2.45) is 5.41 Å². The predicted octanol–water partition coefficient (Wildman–Crippen LogP) is 5.35. The highest BCUT2D eigenvalue weighted by molar-refractivity contribution is 5.89. The summed E-state index contributed by atoms with van der Waals surface area (Å²) >= 11 is 0. The van der Waals surface area contributed by atoms with E-state index >= 15 is 0 Å². The summed E-state index contributed by atoms with van der Waals surface area (Å²) in [5.74, 6) is 0.311. The van der Waals surface area contributed by atoms with Crippen LogP contribution in [0.5, 0.6) is 11.5 Å². The number of benzene rings is 2. The topological polar surface area (TPSA) is 52.6 Å². The van der Waals surface area contributed by atoms with Gasteiger partial charge in [0.25, 0.3) is 0 Å². The molecule has 0 saturated heterocycles. The normalized spacial score (nSPS) is 11.0. The molecule has 0 aliphatic rings. The second kappa shape index (κ2) is 8.21. The summed E-state index contributed by atoms with van der Waals surface area (Å²) in [5, 5.41) is 0. The molecule has 0 atom stereocenters. The summed E-state index contributed by atoms with van der Waals surface area (Å²) in [4.78, 5) is 23.7. The first-order valence-corrected chi connectivity index (χ1v) is 8.95. The van der Waals surface area contributed by atoms with Crippen molar-refractivity contribution in [3.8, 4) is 22.6 Å². The molecule has 0 radical (unpaired) electrons. The lowest BCUT2D eigenvalue weighted by Crippen LogP contribution is -2.25. The number of aryl methyl sites for hydroxylation is 1. The summed E-state index contributed by atoms with van der Waals surface area (Å²) in [5.41, 5.74) is 2.91. The standard InChI is InChI=1S/C23H26O4/c1-7-16-14-19(26-21(24)15(2)3)12-13-20(16)17-8-10-18(11-9-17)27-22(25)23(4,5)6/h8-14H,2,7H2,1,3-6H3. The van der Waals surface area contributed by atoms with Crippen LogP contribution in [0.15, 0.2) is 54.6 Å². The molecule has 0 unspecified atom stereocenters. The van der Waals surface area contributed by atoms with Gasteiger partial charge in [0.2, 0.25) is 0 Å². The van der Waals surface area contributed by atoms with E-state index in [4.69, 9.17) is 9.47 Å². The maximum Gasteiger partial charge on any atom is 0.338 e. The van der Waals surface area contributed by atoms with Crippen LogP contribution in [-0.2, 0) is 16.0 Å². The third kappa shape index (κ3) is 5.30. The highest BCUT2D eigenvalue weighted by Crippen LogP contribution is 2.30. The number of ether oxygens (including phenoxy) is 2. The monoisotopic (exact) mass is 366 g/mol. The van der Waals surface area contributed by atoms with Crippen LogP contribution >= 0.6 is 0 Å². The Labute approximate surface area is 160 Å². The lowest BCUT2D eigenvalue weighted by Gasteiger charge is -2.16. The van der Waals surface area contributed by atoms with Gasteiger partial charge in [-0.3, -0.25) is 4.79 Å². The third-order valence-corrected chi connectivity index (χ3v) is 4.00. The van der Waals surface area contributed by atoms with Crippen molar-refractivity contribution in [2.45, 2.75) is 41.0 Å². The molecule has 0 aliphatic carbocycles.